The molecular formula is C12H19Cl2N3O. The molecule has 0 fully saturated rings. The minimum Gasteiger partial charge on any atom is -0.383 e. The first-order valence-corrected chi connectivity index (χ1v) is 6.62. The van der Waals surface area contributed by atoms with Gasteiger partial charge in [-0.2, -0.15) is 0 Å². The first-order chi connectivity index (χ1) is 8.58. The zero-order valence-corrected chi connectivity index (χ0v) is 12.2. The maximum atomic E-state index is 6.09. The van der Waals surface area contributed by atoms with E-state index >= 15 is 0 Å². The summed E-state index contributed by atoms with van der Waals surface area (Å²) in [5.41, 5.74) is 7.29. The highest BCUT2D eigenvalue weighted by molar-refractivity contribution is 6.34. The summed E-state index contributed by atoms with van der Waals surface area (Å²) in [6.45, 7) is 3.19. The van der Waals surface area contributed by atoms with Crippen LogP contribution in [-0.4, -0.2) is 31.3 Å². The molecule has 0 aliphatic carbocycles. The van der Waals surface area contributed by atoms with Crippen LogP contribution in [0.15, 0.2) is 6.07 Å². The second-order valence-electron chi connectivity index (χ2n) is 4.16. The van der Waals surface area contributed by atoms with Crippen LogP contribution in [0.5, 0.6) is 0 Å². The van der Waals surface area contributed by atoms with E-state index in [0.717, 1.165) is 24.1 Å². The molecule has 0 radical (unpaired) electrons. The van der Waals surface area contributed by atoms with E-state index in [2.05, 4.69) is 10.3 Å². The fourth-order valence-corrected chi connectivity index (χ4v) is 2.32. The van der Waals surface area contributed by atoms with Gasteiger partial charge in [-0.15, -0.1) is 0 Å². The van der Waals surface area contributed by atoms with Crippen LogP contribution in [-0.2, 0) is 4.74 Å². The van der Waals surface area contributed by atoms with Crippen LogP contribution in [0.3, 0.4) is 0 Å². The molecule has 0 aliphatic heterocycles. The molecule has 1 atom stereocenters. The zero-order chi connectivity index (χ0) is 13.5. The maximum Gasteiger partial charge on any atom is 0.154 e. The Morgan fingerprint density at radius 2 is 2.22 bits per heavy atom. The topological polar surface area (TPSA) is 60.2 Å². The van der Waals surface area contributed by atoms with Gasteiger partial charge in [-0.25, -0.2) is 4.98 Å². The molecule has 18 heavy (non-hydrogen) atoms. The van der Waals surface area contributed by atoms with Crippen LogP contribution in [0.2, 0.25) is 10.3 Å². The van der Waals surface area contributed by atoms with Gasteiger partial charge in [-0.3, -0.25) is 0 Å². The van der Waals surface area contributed by atoms with Crippen molar-refractivity contribution in [2.24, 2.45) is 5.73 Å². The Morgan fingerprint density at radius 1 is 1.50 bits per heavy atom. The summed E-state index contributed by atoms with van der Waals surface area (Å²) in [6.07, 6.45) is 1.85. The van der Waals surface area contributed by atoms with Gasteiger partial charge in [0.2, 0.25) is 0 Å². The van der Waals surface area contributed by atoms with Crippen molar-refractivity contribution < 1.29 is 4.74 Å². The molecule has 0 saturated heterocycles. The summed E-state index contributed by atoms with van der Waals surface area (Å²) in [7, 11) is 1.67. The molecule has 1 aromatic heterocycles. The van der Waals surface area contributed by atoms with E-state index in [1.807, 2.05) is 6.92 Å². The zero-order valence-electron chi connectivity index (χ0n) is 10.7. The molecule has 0 aliphatic rings. The summed E-state index contributed by atoms with van der Waals surface area (Å²) < 4.78 is 5.18. The SMILES string of the molecule is COCC(CCCN)Nc1c(C)cc(Cl)nc1Cl. The lowest BCUT2D eigenvalue weighted by Crippen LogP contribution is -2.26. The van der Waals surface area contributed by atoms with Crippen molar-refractivity contribution in [1.82, 2.24) is 4.98 Å². The summed E-state index contributed by atoms with van der Waals surface area (Å²) >= 11 is 11.9. The van der Waals surface area contributed by atoms with Gasteiger partial charge >= 0.3 is 0 Å². The molecule has 1 rings (SSSR count). The van der Waals surface area contributed by atoms with Crippen LogP contribution in [0.4, 0.5) is 5.69 Å². The molecule has 6 heteroatoms. The van der Waals surface area contributed by atoms with Crippen molar-refractivity contribution in [3.8, 4) is 0 Å². The number of rotatable bonds is 7. The van der Waals surface area contributed by atoms with Gasteiger partial charge in [-0.05, 0) is 37.9 Å². The van der Waals surface area contributed by atoms with Crippen LogP contribution >= 0.6 is 23.2 Å². The normalized spacial score (nSPS) is 12.5. The van der Waals surface area contributed by atoms with Crippen molar-refractivity contribution in [2.75, 3.05) is 25.6 Å². The minimum absolute atomic E-state index is 0.165. The predicted octanol–water partition coefficient (Wildman–Crippen LogP) is 2.86. The molecule has 0 amide bonds. The standard InChI is InChI=1S/C12H19Cl2N3O/c1-8-6-10(13)17-12(14)11(8)16-9(7-18-2)4-3-5-15/h6,9,16H,3-5,7,15H2,1-2H3. The van der Waals surface area contributed by atoms with Gasteiger partial charge in [0, 0.05) is 13.2 Å². The molecule has 1 aromatic rings. The quantitative estimate of drug-likeness (QED) is 0.759. The summed E-state index contributed by atoms with van der Waals surface area (Å²) in [5.74, 6) is 0. The Morgan fingerprint density at radius 3 is 2.78 bits per heavy atom. The van der Waals surface area contributed by atoms with Gasteiger partial charge in [0.15, 0.2) is 5.15 Å². The molecule has 0 bridgehead atoms. The van der Waals surface area contributed by atoms with Crippen LogP contribution < -0.4 is 11.1 Å². The molecule has 0 spiro atoms. The second kappa shape index (κ2) is 7.79. The molecule has 0 saturated carbocycles. The molecular weight excluding hydrogens is 273 g/mol. The molecule has 3 N–H and O–H groups in total. The van der Waals surface area contributed by atoms with E-state index in [0.29, 0.717) is 23.5 Å². The highest BCUT2D eigenvalue weighted by Gasteiger charge is 2.13. The number of anilines is 1. The fourth-order valence-electron chi connectivity index (χ4n) is 1.74. The van der Waals surface area contributed by atoms with Crippen LogP contribution in [0.1, 0.15) is 18.4 Å². The molecule has 102 valence electrons. The number of aromatic nitrogens is 1. The lowest BCUT2D eigenvalue weighted by molar-refractivity contribution is 0.182. The number of nitrogens with zero attached hydrogens (tertiary/aromatic N) is 1. The third-order valence-electron chi connectivity index (χ3n) is 2.61. The maximum absolute atomic E-state index is 6.09. The third-order valence-corrected chi connectivity index (χ3v) is 3.08. The van der Waals surface area contributed by atoms with Crippen LogP contribution in [0, 0.1) is 6.92 Å². The summed E-state index contributed by atoms with van der Waals surface area (Å²) in [5, 5.41) is 4.12. The van der Waals surface area contributed by atoms with Crippen molar-refractivity contribution in [2.45, 2.75) is 25.8 Å². The summed E-state index contributed by atoms with van der Waals surface area (Å²) in [4.78, 5) is 4.03. The van der Waals surface area contributed by atoms with Gasteiger partial charge in [0.05, 0.1) is 12.3 Å². The van der Waals surface area contributed by atoms with Crippen molar-refractivity contribution >= 4 is 28.9 Å². The van der Waals surface area contributed by atoms with E-state index in [9.17, 15) is 0 Å². The number of methoxy groups -OCH3 is 1. The number of aryl methyl sites for hydroxylation is 1. The van der Waals surface area contributed by atoms with Gasteiger partial charge < -0.3 is 15.8 Å². The number of nitrogens with one attached hydrogen (secondary N) is 1. The Bertz CT molecular complexity index is 365. The van der Waals surface area contributed by atoms with Gasteiger partial charge in [-0.1, -0.05) is 23.2 Å². The Kier molecular flexibility index (Phi) is 6.71. The van der Waals surface area contributed by atoms with Crippen molar-refractivity contribution in [1.29, 1.82) is 0 Å². The van der Waals surface area contributed by atoms with Crippen molar-refractivity contribution in [3.05, 3.63) is 21.9 Å². The lowest BCUT2D eigenvalue weighted by Gasteiger charge is -2.21. The number of hydrogen-bond acceptors (Lipinski definition) is 4. The van der Waals surface area contributed by atoms with Gasteiger partial charge in [0.1, 0.15) is 5.15 Å². The molecule has 4 nitrogen and oxygen atoms in total. The Hall–Kier alpha value is -0.550. The average molecular weight is 292 g/mol. The monoisotopic (exact) mass is 291 g/mol. The largest absolute Gasteiger partial charge is 0.383 e. The van der Waals surface area contributed by atoms with Crippen molar-refractivity contribution in [3.63, 3.8) is 0 Å². The van der Waals surface area contributed by atoms with E-state index in [4.69, 9.17) is 33.7 Å². The molecule has 1 unspecified atom stereocenters. The number of ether oxygens (including phenoxy) is 1. The Balaban J connectivity index is 2.79. The average Bonchev–Trinajstić information content (AvgIpc) is 2.30. The minimum atomic E-state index is 0.165. The number of hydrogen-bond donors (Lipinski definition) is 2. The third kappa shape index (κ3) is 4.61. The van der Waals surface area contributed by atoms with E-state index in [-0.39, 0.29) is 6.04 Å². The first kappa shape index (κ1) is 15.5. The molecule has 0 aromatic carbocycles. The van der Waals surface area contributed by atoms with E-state index in [1.54, 1.807) is 13.2 Å². The lowest BCUT2D eigenvalue weighted by atomic mass is 10.1. The highest BCUT2D eigenvalue weighted by Crippen LogP contribution is 2.27. The smallest absolute Gasteiger partial charge is 0.154 e. The highest BCUT2D eigenvalue weighted by atomic mass is 35.5. The fraction of sp³-hybridized carbons (Fsp3) is 0.583. The number of nitrogens with two attached hydrogens (primary N) is 1. The first-order valence-electron chi connectivity index (χ1n) is 5.86. The van der Waals surface area contributed by atoms with E-state index in [1.165, 1.54) is 0 Å². The Labute approximate surface area is 118 Å². The number of pyridine rings is 1. The van der Waals surface area contributed by atoms with E-state index < -0.39 is 0 Å². The van der Waals surface area contributed by atoms with Crippen LogP contribution in [0.25, 0.3) is 0 Å². The second-order valence-corrected chi connectivity index (χ2v) is 4.90. The van der Waals surface area contributed by atoms with Gasteiger partial charge in [0.25, 0.3) is 0 Å². The predicted molar refractivity (Wildman–Crippen MR) is 76.6 cm³/mol. The summed E-state index contributed by atoms with van der Waals surface area (Å²) in [6, 6.07) is 1.94. The number of halogens is 2. The molecule has 1 heterocycles.